The molecule has 0 aliphatic carbocycles. The van der Waals surface area contributed by atoms with Crippen molar-refractivity contribution < 1.29 is 4.74 Å². The van der Waals surface area contributed by atoms with Gasteiger partial charge in [0.05, 0.1) is 11.6 Å². The Labute approximate surface area is 94.7 Å². The zero-order chi connectivity index (χ0) is 11.3. The second kappa shape index (κ2) is 5.43. The number of nitrogens with zero attached hydrogens (tertiary/aromatic N) is 1. The highest BCUT2D eigenvalue weighted by molar-refractivity contribution is 6.31. The van der Waals surface area contributed by atoms with Crippen LogP contribution in [0.4, 0.5) is 0 Å². The van der Waals surface area contributed by atoms with Gasteiger partial charge < -0.3 is 4.74 Å². The standard InChI is InChI=1S/C12H12ClNO/c1-9(2)6-7-15-12-5-3-4-11(13)10(12)8-14/h3-5H,1,6-7H2,2H3. The highest BCUT2D eigenvalue weighted by atomic mass is 35.5. The third kappa shape index (κ3) is 3.30. The number of rotatable bonds is 4. The molecule has 0 unspecified atom stereocenters. The molecule has 15 heavy (non-hydrogen) atoms. The fourth-order valence-electron chi connectivity index (χ4n) is 1.07. The van der Waals surface area contributed by atoms with Crippen LogP contribution in [0.5, 0.6) is 5.75 Å². The van der Waals surface area contributed by atoms with Crippen molar-refractivity contribution in [2.75, 3.05) is 6.61 Å². The molecular formula is C12H12ClNO. The molecule has 0 saturated carbocycles. The Morgan fingerprint density at radius 3 is 2.93 bits per heavy atom. The van der Waals surface area contributed by atoms with E-state index in [1.54, 1.807) is 18.2 Å². The van der Waals surface area contributed by atoms with Crippen molar-refractivity contribution in [2.24, 2.45) is 0 Å². The molecule has 0 amide bonds. The molecule has 0 fully saturated rings. The molecule has 0 aliphatic heterocycles. The topological polar surface area (TPSA) is 33.0 Å². The molecule has 2 nitrogen and oxygen atoms in total. The lowest BCUT2D eigenvalue weighted by Crippen LogP contribution is -1.99. The van der Waals surface area contributed by atoms with Crippen molar-refractivity contribution in [1.29, 1.82) is 5.26 Å². The molecule has 0 bridgehead atoms. The smallest absolute Gasteiger partial charge is 0.138 e. The summed E-state index contributed by atoms with van der Waals surface area (Å²) < 4.78 is 5.45. The zero-order valence-corrected chi connectivity index (χ0v) is 9.34. The first kappa shape index (κ1) is 11.6. The highest BCUT2D eigenvalue weighted by Gasteiger charge is 2.06. The van der Waals surface area contributed by atoms with Crippen LogP contribution >= 0.6 is 11.6 Å². The SMILES string of the molecule is C=C(C)CCOc1cccc(Cl)c1C#N. The fraction of sp³-hybridized carbons (Fsp3) is 0.250. The van der Waals surface area contributed by atoms with Gasteiger partial charge >= 0.3 is 0 Å². The van der Waals surface area contributed by atoms with E-state index in [4.69, 9.17) is 21.6 Å². The van der Waals surface area contributed by atoms with E-state index in [-0.39, 0.29) is 0 Å². The van der Waals surface area contributed by atoms with Crippen molar-refractivity contribution in [3.8, 4) is 11.8 Å². The van der Waals surface area contributed by atoms with Gasteiger partial charge in [-0.15, -0.1) is 6.58 Å². The maximum Gasteiger partial charge on any atom is 0.138 e. The lowest BCUT2D eigenvalue weighted by Gasteiger charge is -2.08. The predicted octanol–water partition coefficient (Wildman–Crippen LogP) is 3.56. The van der Waals surface area contributed by atoms with Gasteiger partial charge in [-0.2, -0.15) is 5.26 Å². The Bertz CT molecular complexity index is 407. The van der Waals surface area contributed by atoms with E-state index >= 15 is 0 Å². The molecular weight excluding hydrogens is 210 g/mol. The van der Waals surface area contributed by atoms with E-state index < -0.39 is 0 Å². The minimum atomic E-state index is 0.390. The van der Waals surface area contributed by atoms with E-state index in [0.717, 1.165) is 12.0 Å². The van der Waals surface area contributed by atoms with Crippen LogP contribution < -0.4 is 4.74 Å². The second-order valence-electron chi connectivity index (χ2n) is 3.28. The van der Waals surface area contributed by atoms with Gasteiger partial charge in [-0.3, -0.25) is 0 Å². The Kier molecular flexibility index (Phi) is 4.20. The van der Waals surface area contributed by atoms with Crippen molar-refractivity contribution in [3.63, 3.8) is 0 Å². The van der Waals surface area contributed by atoms with Gasteiger partial charge in [-0.25, -0.2) is 0 Å². The van der Waals surface area contributed by atoms with Crippen molar-refractivity contribution in [2.45, 2.75) is 13.3 Å². The van der Waals surface area contributed by atoms with E-state index in [9.17, 15) is 0 Å². The normalized spacial score (nSPS) is 9.40. The van der Waals surface area contributed by atoms with Gasteiger partial charge in [0, 0.05) is 6.42 Å². The van der Waals surface area contributed by atoms with Gasteiger partial charge in [0.1, 0.15) is 17.4 Å². The first-order chi connectivity index (χ1) is 7.15. The minimum absolute atomic E-state index is 0.390. The Morgan fingerprint density at radius 1 is 1.60 bits per heavy atom. The zero-order valence-electron chi connectivity index (χ0n) is 8.59. The highest BCUT2D eigenvalue weighted by Crippen LogP contribution is 2.25. The summed E-state index contributed by atoms with van der Waals surface area (Å²) in [7, 11) is 0. The third-order valence-corrected chi connectivity index (χ3v) is 2.19. The van der Waals surface area contributed by atoms with Gasteiger partial charge in [-0.1, -0.05) is 23.2 Å². The number of hydrogen-bond acceptors (Lipinski definition) is 2. The molecule has 1 aromatic rings. The predicted molar refractivity (Wildman–Crippen MR) is 61.1 cm³/mol. The number of nitriles is 1. The summed E-state index contributed by atoms with van der Waals surface area (Å²) >= 11 is 5.85. The van der Waals surface area contributed by atoms with Crippen LogP contribution in [-0.2, 0) is 0 Å². The molecule has 0 radical (unpaired) electrons. The third-order valence-electron chi connectivity index (χ3n) is 1.87. The monoisotopic (exact) mass is 221 g/mol. The summed E-state index contributed by atoms with van der Waals surface area (Å²) in [6.45, 7) is 6.23. The van der Waals surface area contributed by atoms with Crippen LogP contribution in [0.3, 0.4) is 0 Å². The molecule has 0 aliphatic rings. The van der Waals surface area contributed by atoms with Crippen molar-refractivity contribution >= 4 is 11.6 Å². The Morgan fingerprint density at radius 2 is 2.33 bits per heavy atom. The van der Waals surface area contributed by atoms with E-state index in [0.29, 0.717) is 22.9 Å². The summed E-state index contributed by atoms with van der Waals surface area (Å²) in [6, 6.07) is 7.20. The van der Waals surface area contributed by atoms with Crippen LogP contribution in [-0.4, -0.2) is 6.61 Å². The number of hydrogen-bond donors (Lipinski definition) is 0. The van der Waals surface area contributed by atoms with Crippen LogP contribution in [0.2, 0.25) is 5.02 Å². The van der Waals surface area contributed by atoms with E-state index in [1.165, 1.54) is 0 Å². The Balaban J connectivity index is 2.73. The molecule has 0 saturated heterocycles. The molecule has 0 aromatic heterocycles. The molecule has 1 rings (SSSR count). The summed E-state index contributed by atoms with van der Waals surface area (Å²) in [5.41, 5.74) is 1.44. The molecule has 0 N–H and O–H groups in total. The summed E-state index contributed by atoms with van der Waals surface area (Å²) in [6.07, 6.45) is 0.775. The second-order valence-corrected chi connectivity index (χ2v) is 3.69. The first-order valence-electron chi connectivity index (χ1n) is 4.61. The van der Waals surface area contributed by atoms with E-state index in [2.05, 4.69) is 6.58 Å². The summed E-state index contributed by atoms with van der Waals surface area (Å²) in [5.74, 6) is 0.534. The van der Waals surface area contributed by atoms with Gasteiger partial charge in [0.2, 0.25) is 0 Å². The van der Waals surface area contributed by atoms with Crippen molar-refractivity contribution in [1.82, 2.24) is 0 Å². The van der Waals surface area contributed by atoms with Gasteiger partial charge in [0.15, 0.2) is 0 Å². The average molecular weight is 222 g/mol. The quantitative estimate of drug-likeness (QED) is 0.729. The van der Waals surface area contributed by atoms with Crippen molar-refractivity contribution in [3.05, 3.63) is 40.9 Å². The summed E-state index contributed by atoms with van der Waals surface area (Å²) in [4.78, 5) is 0. The lowest BCUT2D eigenvalue weighted by atomic mass is 10.2. The Hall–Kier alpha value is -1.46. The number of halogens is 1. The number of benzene rings is 1. The molecule has 3 heteroatoms. The van der Waals surface area contributed by atoms with Gasteiger partial charge in [-0.05, 0) is 19.1 Å². The van der Waals surface area contributed by atoms with Crippen LogP contribution in [0.25, 0.3) is 0 Å². The minimum Gasteiger partial charge on any atom is -0.492 e. The van der Waals surface area contributed by atoms with Crippen LogP contribution in [0.1, 0.15) is 18.9 Å². The lowest BCUT2D eigenvalue weighted by molar-refractivity contribution is 0.321. The maximum absolute atomic E-state index is 8.88. The molecule has 0 atom stereocenters. The molecule has 78 valence electrons. The molecule has 1 aromatic carbocycles. The van der Waals surface area contributed by atoms with Gasteiger partial charge in [0.25, 0.3) is 0 Å². The average Bonchev–Trinajstić information content (AvgIpc) is 2.17. The maximum atomic E-state index is 8.88. The first-order valence-corrected chi connectivity index (χ1v) is 4.98. The van der Waals surface area contributed by atoms with Crippen LogP contribution in [0.15, 0.2) is 30.4 Å². The summed E-state index contributed by atoms with van der Waals surface area (Å²) in [5, 5.41) is 9.30. The number of ether oxygens (including phenoxy) is 1. The van der Waals surface area contributed by atoms with Crippen LogP contribution in [0, 0.1) is 11.3 Å². The fourth-order valence-corrected chi connectivity index (χ4v) is 1.28. The van der Waals surface area contributed by atoms with E-state index in [1.807, 2.05) is 13.0 Å². The largest absolute Gasteiger partial charge is 0.492 e. The molecule has 0 spiro atoms. The molecule has 0 heterocycles.